The van der Waals surface area contributed by atoms with Gasteiger partial charge in [-0.25, -0.2) is 0 Å². The molecule has 3 atom stereocenters. The molecule has 0 saturated heterocycles. The van der Waals surface area contributed by atoms with Crippen LogP contribution in [0.1, 0.15) is 65.2 Å². The molecule has 0 heterocycles. The molecule has 2 rings (SSSR count). The Morgan fingerprint density at radius 3 is 2.44 bits per heavy atom. The molecule has 1 nitrogen and oxygen atoms in total. The standard InChI is InChI=1S/C15H29N/c1-3-5-6-10-14(16-11-4-2)15-12-8-7-9-13(12)15/h12-16H,3-11H2,1-2H3. The Kier molecular flexibility index (Phi) is 4.69. The first-order valence-electron chi connectivity index (χ1n) is 7.61. The first kappa shape index (κ1) is 12.4. The average Bonchev–Trinajstić information content (AvgIpc) is 2.77. The molecule has 2 aliphatic rings. The van der Waals surface area contributed by atoms with Crippen molar-refractivity contribution in [2.75, 3.05) is 6.54 Å². The van der Waals surface area contributed by atoms with Crippen LogP contribution in [0, 0.1) is 17.8 Å². The van der Waals surface area contributed by atoms with Gasteiger partial charge in [-0.15, -0.1) is 0 Å². The van der Waals surface area contributed by atoms with Crippen molar-refractivity contribution in [1.29, 1.82) is 0 Å². The molecule has 0 radical (unpaired) electrons. The molecule has 2 fully saturated rings. The highest BCUT2D eigenvalue weighted by Gasteiger charge is 2.55. The summed E-state index contributed by atoms with van der Waals surface area (Å²) in [4.78, 5) is 0. The van der Waals surface area contributed by atoms with Gasteiger partial charge in [0, 0.05) is 6.04 Å². The molecule has 94 valence electrons. The van der Waals surface area contributed by atoms with E-state index in [0.717, 1.165) is 23.8 Å². The lowest BCUT2D eigenvalue weighted by molar-refractivity contribution is 0.374. The number of nitrogens with one attached hydrogen (secondary N) is 1. The van der Waals surface area contributed by atoms with Crippen molar-refractivity contribution in [2.45, 2.75) is 71.3 Å². The van der Waals surface area contributed by atoms with Crippen LogP contribution in [-0.2, 0) is 0 Å². The first-order valence-corrected chi connectivity index (χ1v) is 7.61. The third kappa shape index (κ3) is 2.80. The van der Waals surface area contributed by atoms with E-state index in [0.29, 0.717) is 0 Å². The fourth-order valence-corrected chi connectivity index (χ4v) is 3.85. The van der Waals surface area contributed by atoms with E-state index in [1.807, 2.05) is 0 Å². The number of hydrogen-bond donors (Lipinski definition) is 1. The van der Waals surface area contributed by atoms with Gasteiger partial charge in [0.15, 0.2) is 0 Å². The summed E-state index contributed by atoms with van der Waals surface area (Å²) >= 11 is 0. The summed E-state index contributed by atoms with van der Waals surface area (Å²) in [6, 6.07) is 0.863. The van der Waals surface area contributed by atoms with Gasteiger partial charge in [0.05, 0.1) is 0 Å². The fourth-order valence-electron chi connectivity index (χ4n) is 3.85. The Balaban J connectivity index is 1.74. The molecular weight excluding hydrogens is 194 g/mol. The van der Waals surface area contributed by atoms with Gasteiger partial charge < -0.3 is 5.32 Å². The quantitative estimate of drug-likeness (QED) is 0.614. The Morgan fingerprint density at radius 2 is 1.81 bits per heavy atom. The normalized spacial score (nSPS) is 33.8. The van der Waals surface area contributed by atoms with Crippen molar-refractivity contribution >= 4 is 0 Å². The minimum absolute atomic E-state index is 0.863. The van der Waals surface area contributed by atoms with Crippen LogP contribution in [-0.4, -0.2) is 12.6 Å². The van der Waals surface area contributed by atoms with E-state index < -0.39 is 0 Å². The highest BCUT2D eigenvalue weighted by Crippen LogP contribution is 2.59. The van der Waals surface area contributed by atoms with Gasteiger partial charge >= 0.3 is 0 Å². The van der Waals surface area contributed by atoms with Crippen LogP contribution in [0.5, 0.6) is 0 Å². The van der Waals surface area contributed by atoms with E-state index >= 15 is 0 Å². The van der Waals surface area contributed by atoms with Gasteiger partial charge in [0.2, 0.25) is 0 Å². The summed E-state index contributed by atoms with van der Waals surface area (Å²) in [5, 5.41) is 3.82. The van der Waals surface area contributed by atoms with E-state index in [1.54, 1.807) is 0 Å². The van der Waals surface area contributed by atoms with Crippen molar-refractivity contribution in [3.63, 3.8) is 0 Å². The molecule has 16 heavy (non-hydrogen) atoms. The largest absolute Gasteiger partial charge is 0.314 e. The second kappa shape index (κ2) is 6.05. The summed E-state index contributed by atoms with van der Waals surface area (Å²) in [6.45, 7) is 5.82. The van der Waals surface area contributed by atoms with Crippen LogP contribution in [0.4, 0.5) is 0 Å². The minimum atomic E-state index is 0.863. The Bertz CT molecular complexity index is 192. The molecule has 1 N–H and O–H groups in total. The fraction of sp³-hybridized carbons (Fsp3) is 1.00. The van der Waals surface area contributed by atoms with Crippen molar-refractivity contribution < 1.29 is 0 Å². The third-order valence-electron chi connectivity index (χ3n) is 4.71. The molecule has 0 aromatic heterocycles. The van der Waals surface area contributed by atoms with Gasteiger partial charge in [-0.1, -0.05) is 39.5 Å². The van der Waals surface area contributed by atoms with Gasteiger partial charge in [0.25, 0.3) is 0 Å². The van der Waals surface area contributed by atoms with E-state index in [9.17, 15) is 0 Å². The Labute approximate surface area is 101 Å². The average molecular weight is 223 g/mol. The number of unbranched alkanes of at least 4 members (excludes halogenated alkanes) is 2. The number of rotatable bonds is 8. The van der Waals surface area contributed by atoms with Crippen LogP contribution in [0.15, 0.2) is 0 Å². The van der Waals surface area contributed by atoms with E-state index in [1.165, 1.54) is 57.9 Å². The smallest absolute Gasteiger partial charge is 0.0101 e. The summed E-state index contributed by atoms with van der Waals surface area (Å²) in [6.07, 6.45) is 11.5. The lowest BCUT2D eigenvalue weighted by Crippen LogP contribution is -2.33. The predicted molar refractivity (Wildman–Crippen MR) is 70.5 cm³/mol. The Morgan fingerprint density at radius 1 is 1.06 bits per heavy atom. The molecule has 0 aliphatic heterocycles. The van der Waals surface area contributed by atoms with Crippen molar-refractivity contribution in [1.82, 2.24) is 5.32 Å². The molecule has 0 bridgehead atoms. The van der Waals surface area contributed by atoms with E-state index in [-0.39, 0.29) is 0 Å². The molecule has 2 saturated carbocycles. The van der Waals surface area contributed by atoms with Gasteiger partial charge in [0.1, 0.15) is 0 Å². The topological polar surface area (TPSA) is 12.0 Å². The van der Waals surface area contributed by atoms with Gasteiger partial charge in [-0.05, 0) is 50.0 Å². The maximum absolute atomic E-state index is 3.82. The number of fused-ring (bicyclic) bond motifs is 1. The zero-order chi connectivity index (χ0) is 11.4. The van der Waals surface area contributed by atoms with E-state index in [4.69, 9.17) is 0 Å². The maximum Gasteiger partial charge on any atom is 0.0101 e. The van der Waals surface area contributed by atoms with Crippen LogP contribution in [0.3, 0.4) is 0 Å². The summed E-state index contributed by atoms with van der Waals surface area (Å²) in [5.41, 5.74) is 0. The third-order valence-corrected chi connectivity index (χ3v) is 4.71. The lowest BCUT2D eigenvalue weighted by atomic mass is 9.98. The van der Waals surface area contributed by atoms with Crippen molar-refractivity contribution in [3.8, 4) is 0 Å². The molecule has 2 aliphatic carbocycles. The molecule has 0 aromatic rings. The van der Waals surface area contributed by atoms with E-state index in [2.05, 4.69) is 19.2 Å². The molecule has 0 spiro atoms. The highest BCUT2D eigenvalue weighted by atomic mass is 14.9. The molecule has 0 aromatic carbocycles. The first-order chi connectivity index (χ1) is 7.88. The number of hydrogen-bond acceptors (Lipinski definition) is 1. The monoisotopic (exact) mass is 223 g/mol. The Hall–Kier alpha value is -0.0400. The predicted octanol–water partition coefficient (Wildman–Crippen LogP) is 3.98. The molecule has 0 amide bonds. The zero-order valence-electron chi connectivity index (χ0n) is 11.2. The minimum Gasteiger partial charge on any atom is -0.314 e. The summed E-state index contributed by atoms with van der Waals surface area (Å²) in [7, 11) is 0. The van der Waals surface area contributed by atoms with Crippen LogP contribution < -0.4 is 5.32 Å². The van der Waals surface area contributed by atoms with Crippen LogP contribution in [0.25, 0.3) is 0 Å². The van der Waals surface area contributed by atoms with Crippen LogP contribution in [0.2, 0.25) is 0 Å². The zero-order valence-corrected chi connectivity index (χ0v) is 11.2. The second-order valence-electron chi connectivity index (χ2n) is 5.89. The van der Waals surface area contributed by atoms with Crippen molar-refractivity contribution in [3.05, 3.63) is 0 Å². The van der Waals surface area contributed by atoms with Crippen molar-refractivity contribution in [2.24, 2.45) is 17.8 Å². The lowest BCUT2D eigenvalue weighted by Gasteiger charge is -2.20. The molecule has 1 heteroatoms. The molecular formula is C15H29N. The molecule has 3 unspecified atom stereocenters. The van der Waals surface area contributed by atoms with Gasteiger partial charge in [-0.3, -0.25) is 0 Å². The summed E-state index contributed by atoms with van der Waals surface area (Å²) < 4.78 is 0. The highest BCUT2D eigenvalue weighted by molar-refractivity contribution is 5.06. The van der Waals surface area contributed by atoms with Gasteiger partial charge in [-0.2, -0.15) is 0 Å². The van der Waals surface area contributed by atoms with Crippen LogP contribution >= 0.6 is 0 Å². The maximum atomic E-state index is 3.82. The SMILES string of the molecule is CCCCCC(NCCC)C1C2CCCC21. The second-order valence-corrected chi connectivity index (χ2v) is 5.89. The summed E-state index contributed by atoms with van der Waals surface area (Å²) in [5.74, 6) is 3.31.